The van der Waals surface area contributed by atoms with E-state index in [-0.39, 0.29) is 17.5 Å². The number of sulfonamides is 1. The third-order valence-electron chi connectivity index (χ3n) is 4.57. The van der Waals surface area contributed by atoms with Crippen molar-refractivity contribution in [3.8, 4) is 5.75 Å². The Labute approximate surface area is 160 Å². The molecule has 148 valence electrons. The summed E-state index contributed by atoms with van der Waals surface area (Å²) in [4.78, 5) is 2.21. The predicted molar refractivity (Wildman–Crippen MR) is 101 cm³/mol. The minimum absolute atomic E-state index is 0.209. The van der Waals surface area contributed by atoms with E-state index >= 15 is 0 Å². The van der Waals surface area contributed by atoms with Gasteiger partial charge in [0.25, 0.3) is 0 Å². The molecular weight excluding hydrogens is 368 g/mol. The summed E-state index contributed by atoms with van der Waals surface area (Å²) in [6.45, 7) is 1.23. The highest BCUT2D eigenvalue weighted by Gasteiger charge is 2.41. The van der Waals surface area contributed by atoms with E-state index in [9.17, 15) is 8.42 Å². The van der Waals surface area contributed by atoms with Gasteiger partial charge >= 0.3 is 0 Å². The number of methoxy groups -OCH3 is 1. The van der Waals surface area contributed by atoms with Gasteiger partial charge in [-0.1, -0.05) is 6.07 Å². The fourth-order valence-corrected chi connectivity index (χ4v) is 5.02. The summed E-state index contributed by atoms with van der Waals surface area (Å²) < 4.78 is 41.3. The number of ether oxygens (including phenoxy) is 2. The van der Waals surface area contributed by atoms with Crippen molar-refractivity contribution in [1.29, 1.82) is 0 Å². The Bertz CT molecular complexity index is 881. The average molecular weight is 394 g/mol. The van der Waals surface area contributed by atoms with Gasteiger partial charge in [-0.05, 0) is 26.2 Å². The van der Waals surface area contributed by atoms with Crippen LogP contribution in [0.2, 0.25) is 0 Å². The van der Waals surface area contributed by atoms with Crippen LogP contribution in [-0.2, 0) is 21.8 Å². The van der Waals surface area contributed by atoms with Gasteiger partial charge in [-0.3, -0.25) is 4.68 Å². The van der Waals surface area contributed by atoms with Crippen LogP contribution >= 0.6 is 0 Å². The highest BCUT2D eigenvalue weighted by molar-refractivity contribution is 7.89. The molecule has 27 heavy (non-hydrogen) atoms. The molecule has 1 aliphatic rings. The van der Waals surface area contributed by atoms with Crippen molar-refractivity contribution in [2.45, 2.75) is 17.0 Å². The van der Waals surface area contributed by atoms with Gasteiger partial charge in [0.05, 0.1) is 37.0 Å². The van der Waals surface area contributed by atoms with E-state index in [0.717, 1.165) is 5.56 Å². The topological polar surface area (TPSA) is 76.9 Å². The van der Waals surface area contributed by atoms with Crippen LogP contribution in [0.3, 0.4) is 0 Å². The average Bonchev–Trinajstić information content (AvgIpc) is 3.07. The van der Waals surface area contributed by atoms with Crippen molar-refractivity contribution in [3.63, 3.8) is 0 Å². The fourth-order valence-electron chi connectivity index (χ4n) is 3.36. The van der Waals surface area contributed by atoms with Crippen molar-refractivity contribution in [2.75, 3.05) is 40.9 Å². The summed E-state index contributed by atoms with van der Waals surface area (Å²) in [5, 5.41) is 4.23. The van der Waals surface area contributed by atoms with Crippen LogP contribution in [0, 0.1) is 0 Å². The minimum Gasteiger partial charge on any atom is -0.497 e. The molecule has 0 spiro atoms. The zero-order valence-electron chi connectivity index (χ0n) is 16.1. The second-order valence-corrected chi connectivity index (χ2v) is 8.75. The molecule has 8 nitrogen and oxygen atoms in total. The Morgan fingerprint density at radius 1 is 1.37 bits per heavy atom. The molecule has 2 heterocycles. The lowest BCUT2D eigenvalue weighted by Crippen LogP contribution is -2.50. The van der Waals surface area contributed by atoms with Crippen molar-refractivity contribution < 1.29 is 17.9 Å². The molecule has 0 bridgehead atoms. The highest BCUT2D eigenvalue weighted by Crippen LogP contribution is 2.35. The van der Waals surface area contributed by atoms with Gasteiger partial charge in [-0.25, -0.2) is 8.42 Å². The number of likely N-dealkylation sites (N-methyl/N-ethyl adjacent to an activating group) is 1. The Balaban J connectivity index is 2.04. The highest BCUT2D eigenvalue weighted by atomic mass is 32.2. The van der Waals surface area contributed by atoms with Gasteiger partial charge in [0, 0.05) is 38.0 Å². The second-order valence-electron chi connectivity index (χ2n) is 6.86. The first-order valence-corrected chi connectivity index (χ1v) is 10.2. The van der Waals surface area contributed by atoms with E-state index in [1.54, 1.807) is 35.1 Å². The van der Waals surface area contributed by atoms with Crippen molar-refractivity contribution in [2.24, 2.45) is 7.05 Å². The lowest BCUT2D eigenvalue weighted by Gasteiger charge is -2.40. The Morgan fingerprint density at radius 3 is 2.78 bits per heavy atom. The fraction of sp³-hybridized carbons (Fsp3) is 0.500. The monoisotopic (exact) mass is 394 g/mol. The lowest BCUT2D eigenvalue weighted by atomic mass is 10.0. The second kappa shape index (κ2) is 7.97. The number of rotatable bonds is 6. The number of nitrogens with zero attached hydrogens (tertiary/aromatic N) is 4. The van der Waals surface area contributed by atoms with Crippen molar-refractivity contribution >= 4 is 10.0 Å². The maximum absolute atomic E-state index is 13.5. The Kier molecular flexibility index (Phi) is 5.85. The summed E-state index contributed by atoms with van der Waals surface area (Å²) >= 11 is 0. The molecule has 2 atom stereocenters. The third kappa shape index (κ3) is 4.16. The van der Waals surface area contributed by atoms with E-state index in [2.05, 4.69) is 5.10 Å². The van der Waals surface area contributed by atoms with Gasteiger partial charge in [-0.15, -0.1) is 0 Å². The Hall–Kier alpha value is -1.94. The van der Waals surface area contributed by atoms with Gasteiger partial charge in [0.1, 0.15) is 5.75 Å². The zero-order valence-corrected chi connectivity index (χ0v) is 16.9. The molecule has 1 fully saturated rings. The number of aryl methyl sites for hydroxylation is 1. The molecule has 0 amide bonds. The van der Waals surface area contributed by atoms with Crippen LogP contribution in [0.4, 0.5) is 0 Å². The lowest BCUT2D eigenvalue weighted by molar-refractivity contribution is -0.0514. The number of morpholine rings is 1. The van der Waals surface area contributed by atoms with E-state index in [0.29, 0.717) is 18.9 Å². The van der Waals surface area contributed by atoms with E-state index in [1.165, 1.54) is 11.4 Å². The first-order chi connectivity index (χ1) is 12.8. The summed E-state index contributed by atoms with van der Waals surface area (Å²) in [6.07, 6.45) is 3.25. The van der Waals surface area contributed by atoms with Gasteiger partial charge < -0.3 is 14.4 Å². The van der Waals surface area contributed by atoms with Crippen LogP contribution in [0.1, 0.15) is 11.6 Å². The summed E-state index contributed by atoms with van der Waals surface area (Å²) in [5.41, 5.74) is 0.815. The number of hydrogen-bond acceptors (Lipinski definition) is 6. The van der Waals surface area contributed by atoms with Crippen LogP contribution in [0.15, 0.2) is 41.6 Å². The maximum Gasteiger partial charge on any atom is 0.243 e. The molecule has 0 unspecified atom stereocenters. The van der Waals surface area contributed by atoms with Crippen LogP contribution < -0.4 is 4.74 Å². The molecule has 0 saturated carbocycles. The zero-order chi connectivity index (χ0) is 19.6. The van der Waals surface area contributed by atoms with Gasteiger partial charge in [0.2, 0.25) is 10.0 Å². The molecule has 0 radical (unpaired) electrons. The molecule has 9 heteroatoms. The number of hydrogen-bond donors (Lipinski definition) is 0. The largest absolute Gasteiger partial charge is 0.497 e. The molecule has 1 saturated heterocycles. The quantitative estimate of drug-likeness (QED) is 0.731. The molecule has 1 aromatic heterocycles. The maximum atomic E-state index is 13.5. The molecule has 0 N–H and O–H groups in total. The molecule has 0 aliphatic carbocycles. The molecule has 1 aliphatic heterocycles. The summed E-state index contributed by atoms with van der Waals surface area (Å²) in [7, 11) is 3.49. The summed E-state index contributed by atoms with van der Waals surface area (Å²) in [6, 6.07) is 6.10. The predicted octanol–water partition coefficient (Wildman–Crippen LogP) is 1.12. The van der Waals surface area contributed by atoms with E-state index < -0.39 is 16.1 Å². The van der Waals surface area contributed by atoms with Gasteiger partial charge in [0.15, 0.2) is 0 Å². The third-order valence-corrected chi connectivity index (χ3v) is 6.44. The number of benzene rings is 1. The standard InChI is InChI=1S/C18H26N4O4S/c1-20(2)13-17-18(14-11-19-21(3)12-14)22(8-9-26-17)27(23,24)16-7-5-6-15(10-16)25-4/h5-7,10-12,17-18H,8-9,13H2,1-4H3/t17-,18-/m0/s1. The molecule has 1 aromatic carbocycles. The molecule has 3 rings (SSSR count). The first kappa shape index (κ1) is 19.8. The molecular formula is C18H26N4O4S. The van der Waals surface area contributed by atoms with Crippen LogP contribution in [0.5, 0.6) is 5.75 Å². The van der Waals surface area contributed by atoms with Crippen molar-refractivity contribution in [3.05, 3.63) is 42.2 Å². The summed E-state index contributed by atoms with van der Waals surface area (Å²) in [5.74, 6) is 0.507. The SMILES string of the molecule is COc1cccc(S(=O)(=O)N2CCO[C@@H](CN(C)C)[C@@H]2c2cnn(C)c2)c1. The van der Waals surface area contributed by atoms with Crippen molar-refractivity contribution in [1.82, 2.24) is 19.0 Å². The number of aromatic nitrogens is 2. The van der Waals surface area contributed by atoms with E-state index in [1.807, 2.05) is 32.2 Å². The molecule has 2 aromatic rings. The normalized spacial score (nSPS) is 21.5. The smallest absolute Gasteiger partial charge is 0.243 e. The van der Waals surface area contributed by atoms with Crippen LogP contribution in [-0.4, -0.2) is 74.4 Å². The van der Waals surface area contributed by atoms with Gasteiger partial charge in [-0.2, -0.15) is 9.40 Å². The minimum atomic E-state index is -3.73. The Morgan fingerprint density at radius 2 is 2.15 bits per heavy atom. The first-order valence-electron chi connectivity index (χ1n) is 8.73. The van der Waals surface area contributed by atoms with Crippen LogP contribution in [0.25, 0.3) is 0 Å². The van der Waals surface area contributed by atoms with E-state index in [4.69, 9.17) is 9.47 Å².